The number of nitrogens with one attached hydrogen (secondary N) is 2. The van der Waals surface area contributed by atoms with Gasteiger partial charge in [0.2, 0.25) is 0 Å². The van der Waals surface area contributed by atoms with Crippen molar-refractivity contribution in [1.29, 1.82) is 0 Å². The molecule has 2 aliphatic rings. The lowest BCUT2D eigenvalue weighted by atomic mass is 9.90. The summed E-state index contributed by atoms with van der Waals surface area (Å²) in [6.45, 7) is 7.64. The first-order valence-corrected chi connectivity index (χ1v) is 9.40. The molecule has 0 radical (unpaired) electrons. The molecular weight excluding hydrogens is 439 g/mol. The van der Waals surface area contributed by atoms with Gasteiger partial charge in [-0.25, -0.2) is 0 Å². The summed E-state index contributed by atoms with van der Waals surface area (Å²) in [5.41, 5.74) is 1.03. The summed E-state index contributed by atoms with van der Waals surface area (Å²) in [7, 11) is 4.05. The first-order chi connectivity index (χ1) is 12.0. The second kappa shape index (κ2) is 9.26. The molecule has 2 heterocycles. The van der Waals surface area contributed by atoms with E-state index in [1.54, 1.807) is 0 Å². The number of para-hydroxylation sites is 1. The van der Waals surface area contributed by atoms with Gasteiger partial charge in [-0.1, -0.05) is 18.2 Å². The normalized spacial score (nSPS) is 25.5. The highest BCUT2D eigenvalue weighted by Gasteiger charge is 2.34. The first kappa shape index (κ1) is 21.3. The monoisotopic (exact) mass is 472 g/mol. The molecule has 0 saturated carbocycles. The third-order valence-corrected chi connectivity index (χ3v) is 5.19. The standard InChI is InChI=1S/C20H32N4O.HI/c1-20(2)12-17(16-9-5-6-10-18(16)25-20)23-19(21-3)22-13-15-8-7-11-24(4)14-15;/h5-6,9-10,15,17H,7-8,11-14H2,1-4H3,(H2,21,22,23);1H. The van der Waals surface area contributed by atoms with Crippen LogP contribution in [0, 0.1) is 5.92 Å². The van der Waals surface area contributed by atoms with Gasteiger partial charge < -0.3 is 20.3 Å². The zero-order valence-electron chi connectivity index (χ0n) is 16.4. The van der Waals surface area contributed by atoms with Crippen LogP contribution in [0.15, 0.2) is 29.3 Å². The lowest BCUT2D eigenvalue weighted by Crippen LogP contribution is -2.47. The first-order valence-electron chi connectivity index (χ1n) is 9.40. The Kier molecular flexibility index (Phi) is 7.58. The molecular formula is C20H33IN4O. The number of ether oxygens (including phenoxy) is 1. The van der Waals surface area contributed by atoms with Gasteiger partial charge in [0.05, 0.1) is 6.04 Å². The fourth-order valence-electron chi connectivity index (χ4n) is 3.97. The molecule has 1 fully saturated rings. The Hall–Kier alpha value is -1.02. The smallest absolute Gasteiger partial charge is 0.191 e. The van der Waals surface area contributed by atoms with Gasteiger partial charge in [0, 0.05) is 32.1 Å². The molecule has 0 spiro atoms. The number of aliphatic imine (C=N–C) groups is 1. The van der Waals surface area contributed by atoms with E-state index >= 15 is 0 Å². The average molecular weight is 472 g/mol. The topological polar surface area (TPSA) is 48.9 Å². The quantitative estimate of drug-likeness (QED) is 0.402. The number of benzene rings is 1. The SMILES string of the molecule is CN=C(NCC1CCCN(C)C1)NC1CC(C)(C)Oc2ccccc21.I. The minimum Gasteiger partial charge on any atom is -0.487 e. The second-order valence-corrected chi connectivity index (χ2v) is 8.02. The summed E-state index contributed by atoms with van der Waals surface area (Å²) in [6, 6.07) is 8.51. The van der Waals surface area contributed by atoms with Crippen molar-refractivity contribution in [1.82, 2.24) is 15.5 Å². The van der Waals surface area contributed by atoms with Crippen molar-refractivity contribution in [3.63, 3.8) is 0 Å². The van der Waals surface area contributed by atoms with E-state index < -0.39 is 0 Å². The highest BCUT2D eigenvalue weighted by atomic mass is 127. The van der Waals surface area contributed by atoms with Crippen LogP contribution in [0.2, 0.25) is 0 Å². The van der Waals surface area contributed by atoms with E-state index in [0.29, 0.717) is 5.92 Å². The molecule has 0 amide bonds. The maximum atomic E-state index is 6.13. The molecule has 0 bridgehead atoms. The maximum Gasteiger partial charge on any atom is 0.191 e. The van der Waals surface area contributed by atoms with Crippen molar-refractivity contribution in [2.75, 3.05) is 33.7 Å². The summed E-state index contributed by atoms with van der Waals surface area (Å²) in [5, 5.41) is 7.15. The van der Waals surface area contributed by atoms with E-state index in [9.17, 15) is 0 Å². The second-order valence-electron chi connectivity index (χ2n) is 8.02. The average Bonchev–Trinajstić information content (AvgIpc) is 2.57. The molecule has 5 nitrogen and oxygen atoms in total. The van der Waals surface area contributed by atoms with Crippen LogP contribution in [0.25, 0.3) is 0 Å². The van der Waals surface area contributed by atoms with Gasteiger partial charge in [-0.05, 0) is 52.3 Å². The van der Waals surface area contributed by atoms with Crippen LogP contribution in [-0.4, -0.2) is 50.2 Å². The van der Waals surface area contributed by atoms with Gasteiger partial charge in [-0.15, -0.1) is 24.0 Å². The number of hydrogen-bond donors (Lipinski definition) is 2. The summed E-state index contributed by atoms with van der Waals surface area (Å²) < 4.78 is 6.13. The summed E-state index contributed by atoms with van der Waals surface area (Å²) >= 11 is 0. The fraction of sp³-hybridized carbons (Fsp3) is 0.650. The van der Waals surface area contributed by atoms with Crippen molar-refractivity contribution in [3.8, 4) is 5.75 Å². The molecule has 1 aromatic carbocycles. The van der Waals surface area contributed by atoms with Gasteiger partial charge in [-0.3, -0.25) is 4.99 Å². The number of fused-ring (bicyclic) bond motifs is 1. The molecule has 2 atom stereocenters. The molecule has 0 aliphatic carbocycles. The lowest BCUT2D eigenvalue weighted by Gasteiger charge is -2.38. The molecule has 146 valence electrons. The van der Waals surface area contributed by atoms with Gasteiger partial charge >= 0.3 is 0 Å². The number of nitrogens with zero attached hydrogens (tertiary/aromatic N) is 2. The number of halogens is 1. The molecule has 2 N–H and O–H groups in total. The van der Waals surface area contributed by atoms with Gasteiger partial charge in [0.15, 0.2) is 5.96 Å². The highest BCUT2D eigenvalue weighted by Crippen LogP contribution is 2.39. The largest absolute Gasteiger partial charge is 0.487 e. The van der Waals surface area contributed by atoms with E-state index in [0.717, 1.165) is 31.2 Å². The zero-order valence-corrected chi connectivity index (χ0v) is 18.7. The Balaban J connectivity index is 0.00000243. The van der Waals surface area contributed by atoms with Crippen molar-refractivity contribution < 1.29 is 4.74 Å². The van der Waals surface area contributed by atoms with E-state index in [1.165, 1.54) is 24.9 Å². The van der Waals surface area contributed by atoms with Crippen LogP contribution in [0.1, 0.15) is 44.7 Å². The van der Waals surface area contributed by atoms with Crippen molar-refractivity contribution in [2.24, 2.45) is 10.9 Å². The van der Waals surface area contributed by atoms with E-state index in [2.05, 4.69) is 59.6 Å². The van der Waals surface area contributed by atoms with Crippen LogP contribution in [0.4, 0.5) is 0 Å². The molecule has 2 aliphatic heterocycles. The minimum atomic E-state index is -0.184. The van der Waals surface area contributed by atoms with Crippen LogP contribution >= 0.6 is 24.0 Å². The molecule has 3 rings (SSSR count). The maximum absolute atomic E-state index is 6.13. The number of likely N-dealkylation sites (tertiary alicyclic amines) is 1. The Bertz CT molecular complexity index is 620. The number of guanidine groups is 1. The van der Waals surface area contributed by atoms with Crippen LogP contribution in [0.5, 0.6) is 5.75 Å². The third-order valence-electron chi connectivity index (χ3n) is 5.19. The van der Waals surface area contributed by atoms with Crippen molar-refractivity contribution in [3.05, 3.63) is 29.8 Å². The predicted molar refractivity (Wildman–Crippen MR) is 119 cm³/mol. The van der Waals surface area contributed by atoms with Crippen LogP contribution in [-0.2, 0) is 0 Å². The number of piperidine rings is 1. The minimum absolute atomic E-state index is 0. The van der Waals surface area contributed by atoms with Crippen molar-refractivity contribution >= 4 is 29.9 Å². The number of hydrogen-bond acceptors (Lipinski definition) is 3. The summed E-state index contributed by atoms with van der Waals surface area (Å²) in [5.74, 6) is 2.54. The Morgan fingerprint density at radius 2 is 2.12 bits per heavy atom. The Morgan fingerprint density at radius 1 is 1.35 bits per heavy atom. The van der Waals surface area contributed by atoms with Gasteiger partial charge in [-0.2, -0.15) is 0 Å². The van der Waals surface area contributed by atoms with Crippen LogP contribution in [0.3, 0.4) is 0 Å². The molecule has 2 unspecified atom stereocenters. The van der Waals surface area contributed by atoms with E-state index in [4.69, 9.17) is 4.74 Å². The molecule has 6 heteroatoms. The summed E-state index contributed by atoms with van der Waals surface area (Å²) in [4.78, 5) is 6.87. The molecule has 26 heavy (non-hydrogen) atoms. The molecule has 0 aromatic heterocycles. The number of rotatable bonds is 3. The van der Waals surface area contributed by atoms with Crippen LogP contribution < -0.4 is 15.4 Å². The Labute approximate surface area is 175 Å². The van der Waals surface area contributed by atoms with E-state index in [-0.39, 0.29) is 35.6 Å². The zero-order chi connectivity index (χ0) is 17.9. The summed E-state index contributed by atoms with van der Waals surface area (Å²) in [6.07, 6.45) is 3.49. The highest BCUT2D eigenvalue weighted by molar-refractivity contribution is 14.0. The van der Waals surface area contributed by atoms with Gasteiger partial charge in [0.25, 0.3) is 0 Å². The molecule has 1 saturated heterocycles. The fourth-order valence-corrected chi connectivity index (χ4v) is 3.97. The van der Waals surface area contributed by atoms with Gasteiger partial charge in [0.1, 0.15) is 11.4 Å². The Morgan fingerprint density at radius 3 is 2.85 bits per heavy atom. The lowest BCUT2D eigenvalue weighted by molar-refractivity contribution is 0.0694. The third kappa shape index (κ3) is 5.49. The molecule has 1 aromatic rings. The predicted octanol–water partition coefficient (Wildman–Crippen LogP) is 3.41. The van der Waals surface area contributed by atoms with E-state index in [1.807, 2.05) is 13.1 Å². The van der Waals surface area contributed by atoms with Crippen molar-refractivity contribution in [2.45, 2.75) is 44.8 Å².